The summed E-state index contributed by atoms with van der Waals surface area (Å²) in [5.74, 6) is -0.128. The molecule has 3 nitrogen and oxygen atoms in total. The Hall–Kier alpha value is -1.26. The lowest BCUT2D eigenvalue weighted by molar-refractivity contribution is 0.101. The number of halogens is 2. The van der Waals surface area contributed by atoms with Gasteiger partial charge in [-0.1, -0.05) is 18.5 Å². The first kappa shape index (κ1) is 14.2. The molecule has 0 atom stereocenters. The molecule has 1 aromatic carbocycles. The normalized spacial score (nSPS) is 10.5. The van der Waals surface area contributed by atoms with Gasteiger partial charge in [0.05, 0.1) is 5.02 Å². The number of nitrogens with one attached hydrogen (secondary N) is 1. The molecule has 0 aliphatic rings. The molecule has 0 unspecified atom stereocenters. The van der Waals surface area contributed by atoms with Crippen LogP contribution in [-0.2, 0) is 6.54 Å². The van der Waals surface area contributed by atoms with E-state index >= 15 is 0 Å². The summed E-state index contributed by atoms with van der Waals surface area (Å²) in [5, 5.41) is 3.42. The van der Waals surface area contributed by atoms with Crippen LogP contribution in [0.15, 0.2) is 41.0 Å². The van der Waals surface area contributed by atoms with E-state index in [1.165, 1.54) is 0 Å². The highest BCUT2D eigenvalue weighted by Crippen LogP contribution is 2.25. The summed E-state index contributed by atoms with van der Waals surface area (Å²) >= 11 is 9.32. The number of nitrogens with zero attached hydrogens (tertiary/aromatic N) is 1. The molecule has 0 spiro atoms. The maximum absolute atomic E-state index is 12.2. The Morgan fingerprint density at radius 1 is 1.42 bits per heavy atom. The average Bonchev–Trinajstić information content (AvgIpc) is 2.83. The topological polar surface area (TPSA) is 34.0 Å². The molecule has 19 heavy (non-hydrogen) atoms. The molecule has 0 aliphatic heterocycles. The third kappa shape index (κ3) is 3.39. The van der Waals surface area contributed by atoms with Gasteiger partial charge in [-0.2, -0.15) is 0 Å². The van der Waals surface area contributed by atoms with Gasteiger partial charge in [0.25, 0.3) is 5.91 Å². The van der Waals surface area contributed by atoms with Crippen LogP contribution in [0, 0.1) is 0 Å². The number of aryl methyl sites for hydroxylation is 1. The largest absolute Gasteiger partial charge is 0.344 e. The van der Waals surface area contributed by atoms with E-state index in [9.17, 15) is 4.79 Å². The maximum Gasteiger partial charge on any atom is 0.272 e. The van der Waals surface area contributed by atoms with Gasteiger partial charge in [0.2, 0.25) is 0 Å². The van der Waals surface area contributed by atoms with E-state index in [2.05, 4.69) is 28.2 Å². The van der Waals surface area contributed by atoms with E-state index < -0.39 is 0 Å². The number of amides is 1. The third-order valence-electron chi connectivity index (χ3n) is 2.70. The Morgan fingerprint density at radius 2 is 2.21 bits per heavy atom. The Kier molecular flexibility index (Phi) is 4.66. The first-order valence-corrected chi connectivity index (χ1v) is 7.20. The molecule has 1 aromatic heterocycles. The fraction of sp³-hybridized carbons (Fsp3) is 0.214. The predicted molar refractivity (Wildman–Crippen MR) is 81.8 cm³/mol. The molecule has 0 radical (unpaired) electrons. The monoisotopic (exact) mass is 340 g/mol. The van der Waals surface area contributed by atoms with Crippen LogP contribution in [-0.4, -0.2) is 10.5 Å². The number of hydrogen-bond acceptors (Lipinski definition) is 1. The minimum Gasteiger partial charge on any atom is -0.344 e. The van der Waals surface area contributed by atoms with E-state index in [1.54, 1.807) is 12.1 Å². The molecule has 0 aliphatic carbocycles. The van der Waals surface area contributed by atoms with Gasteiger partial charge >= 0.3 is 0 Å². The molecule has 0 fully saturated rings. The lowest BCUT2D eigenvalue weighted by Crippen LogP contribution is -2.16. The van der Waals surface area contributed by atoms with Crippen LogP contribution in [0.5, 0.6) is 0 Å². The van der Waals surface area contributed by atoms with Gasteiger partial charge < -0.3 is 9.88 Å². The van der Waals surface area contributed by atoms with Crippen molar-refractivity contribution in [1.82, 2.24) is 4.57 Å². The van der Waals surface area contributed by atoms with Crippen LogP contribution in [0.3, 0.4) is 0 Å². The van der Waals surface area contributed by atoms with Crippen molar-refractivity contribution in [2.75, 3.05) is 5.32 Å². The number of hydrogen-bond donors (Lipinski definition) is 1. The van der Waals surface area contributed by atoms with Crippen molar-refractivity contribution < 1.29 is 4.79 Å². The van der Waals surface area contributed by atoms with Gasteiger partial charge in [-0.05, 0) is 52.7 Å². The number of benzene rings is 1. The van der Waals surface area contributed by atoms with Crippen molar-refractivity contribution in [1.29, 1.82) is 0 Å². The highest BCUT2D eigenvalue weighted by Gasteiger charge is 2.11. The lowest BCUT2D eigenvalue weighted by Gasteiger charge is -2.09. The number of carbonyl (C=O) groups is 1. The first-order valence-electron chi connectivity index (χ1n) is 6.03. The fourth-order valence-corrected chi connectivity index (χ4v) is 2.25. The molecule has 0 saturated carbocycles. The summed E-state index contributed by atoms with van der Waals surface area (Å²) in [4.78, 5) is 12.2. The molecule has 1 amide bonds. The zero-order valence-electron chi connectivity index (χ0n) is 10.5. The van der Waals surface area contributed by atoms with Crippen LogP contribution >= 0.6 is 27.5 Å². The van der Waals surface area contributed by atoms with E-state index in [0.717, 1.165) is 17.4 Å². The maximum atomic E-state index is 12.2. The quantitative estimate of drug-likeness (QED) is 0.868. The van der Waals surface area contributed by atoms with Crippen molar-refractivity contribution in [3.63, 3.8) is 0 Å². The van der Waals surface area contributed by atoms with Crippen molar-refractivity contribution in [3.8, 4) is 0 Å². The van der Waals surface area contributed by atoms with Gasteiger partial charge in [-0.3, -0.25) is 4.79 Å². The second kappa shape index (κ2) is 6.26. The smallest absolute Gasteiger partial charge is 0.272 e. The molecule has 2 rings (SSSR count). The summed E-state index contributed by atoms with van der Waals surface area (Å²) < 4.78 is 2.75. The average molecular weight is 342 g/mol. The molecule has 100 valence electrons. The summed E-state index contributed by atoms with van der Waals surface area (Å²) in [6.45, 7) is 2.91. The van der Waals surface area contributed by atoms with E-state index in [-0.39, 0.29) is 5.91 Å². The summed E-state index contributed by atoms with van der Waals surface area (Å²) in [5.41, 5.74) is 1.34. The van der Waals surface area contributed by atoms with Crippen molar-refractivity contribution in [3.05, 3.63) is 51.7 Å². The molecule has 0 saturated heterocycles. The van der Waals surface area contributed by atoms with Gasteiger partial charge in [-0.25, -0.2) is 0 Å². The second-order valence-corrected chi connectivity index (χ2v) is 5.43. The van der Waals surface area contributed by atoms with Crippen molar-refractivity contribution >= 4 is 39.1 Å². The third-order valence-corrected chi connectivity index (χ3v) is 3.94. The van der Waals surface area contributed by atoms with Gasteiger partial charge in [-0.15, -0.1) is 0 Å². The Bertz CT molecular complexity index is 595. The van der Waals surface area contributed by atoms with E-state index in [4.69, 9.17) is 11.6 Å². The Labute approximate surface area is 125 Å². The van der Waals surface area contributed by atoms with Crippen LogP contribution in [0.4, 0.5) is 5.69 Å². The first-order chi connectivity index (χ1) is 9.11. The summed E-state index contributed by atoms with van der Waals surface area (Å²) in [6, 6.07) is 9.02. The summed E-state index contributed by atoms with van der Waals surface area (Å²) in [6.07, 6.45) is 2.89. The molecule has 1 heterocycles. The highest BCUT2D eigenvalue weighted by molar-refractivity contribution is 9.10. The van der Waals surface area contributed by atoms with Crippen LogP contribution in [0.25, 0.3) is 0 Å². The van der Waals surface area contributed by atoms with Gasteiger partial charge in [0.1, 0.15) is 5.69 Å². The molecular formula is C14H14BrClN2O. The van der Waals surface area contributed by atoms with Crippen LogP contribution in [0.2, 0.25) is 5.02 Å². The zero-order chi connectivity index (χ0) is 13.8. The van der Waals surface area contributed by atoms with Gasteiger partial charge in [0.15, 0.2) is 0 Å². The minimum absolute atomic E-state index is 0.128. The highest BCUT2D eigenvalue weighted by atomic mass is 79.9. The molecule has 2 aromatic rings. The van der Waals surface area contributed by atoms with Crippen LogP contribution < -0.4 is 5.32 Å². The van der Waals surface area contributed by atoms with E-state index in [0.29, 0.717) is 16.4 Å². The fourth-order valence-electron chi connectivity index (χ4n) is 1.83. The van der Waals surface area contributed by atoms with Crippen molar-refractivity contribution in [2.45, 2.75) is 19.9 Å². The molecule has 0 bridgehead atoms. The van der Waals surface area contributed by atoms with Crippen molar-refractivity contribution in [2.24, 2.45) is 0 Å². The molecule has 5 heteroatoms. The SMILES string of the molecule is CCCn1cccc1C(=O)Nc1ccc(Br)c(Cl)c1. The Balaban J connectivity index is 2.16. The molecular weight excluding hydrogens is 328 g/mol. The summed E-state index contributed by atoms with van der Waals surface area (Å²) in [7, 11) is 0. The molecule has 1 N–H and O–H groups in total. The second-order valence-electron chi connectivity index (χ2n) is 4.17. The predicted octanol–water partition coefficient (Wildman–Crippen LogP) is 4.57. The van der Waals surface area contributed by atoms with E-state index in [1.807, 2.05) is 29.0 Å². The van der Waals surface area contributed by atoms with Crippen LogP contribution in [0.1, 0.15) is 23.8 Å². The number of carbonyl (C=O) groups excluding carboxylic acids is 1. The standard InChI is InChI=1S/C14H14BrClN2O/c1-2-7-18-8-3-4-13(18)14(19)17-10-5-6-11(15)12(16)9-10/h3-6,8-9H,2,7H2,1H3,(H,17,19). The number of aromatic nitrogens is 1. The minimum atomic E-state index is -0.128. The zero-order valence-corrected chi connectivity index (χ0v) is 12.8. The lowest BCUT2D eigenvalue weighted by atomic mass is 10.3. The number of rotatable bonds is 4. The number of anilines is 1. The Morgan fingerprint density at radius 3 is 2.89 bits per heavy atom. The van der Waals surface area contributed by atoms with Gasteiger partial charge in [0, 0.05) is 22.9 Å².